The van der Waals surface area contributed by atoms with E-state index in [1.807, 2.05) is 26.0 Å². The number of piperidine rings is 1. The summed E-state index contributed by atoms with van der Waals surface area (Å²) in [7, 11) is 5.39. The second-order valence-corrected chi connectivity index (χ2v) is 11.2. The van der Waals surface area contributed by atoms with E-state index in [-0.39, 0.29) is 56.5 Å². The van der Waals surface area contributed by atoms with Crippen LogP contribution in [0.15, 0.2) is 24.3 Å². The number of benzene rings is 1. The number of nitrogens with one attached hydrogen (secondary N) is 2. The molecule has 1 aromatic rings. The Morgan fingerprint density at radius 1 is 1.10 bits per heavy atom. The number of rotatable bonds is 7. The van der Waals surface area contributed by atoms with Crippen molar-refractivity contribution in [3.05, 3.63) is 29.8 Å². The fraction of sp³-hybridized carbons (Fsp3) is 0.655. The molecular weight excluding hydrogens is 514 g/mol. The molecule has 11 nitrogen and oxygen atoms in total. The minimum atomic E-state index is -0.830. The highest BCUT2D eigenvalue weighted by atomic mass is 16.5. The van der Waals surface area contributed by atoms with Gasteiger partial charge in [0.05, 0.1) is 13.2 Å². The van der Waals surface area contributed by atoms with Gasteiger partial charge in [-0.05, 0) is 63.0 Å². The van der Waals surface area contributed by atoms with Crippen molar-refractivity contribution in [2.24, 2.45) is 5.92 Å². The van der Waals surface area contributed by atoms with Gasteiger partial charge in [-0.15, -0.1) is 0 Å². The number of likely N-dealkylation sites (N-methyl/N-ethyl adjacent to an activating group) is 1. The van der Waals surface area contributed by atoms with Gasteiger partial charge in [0.25, 0.3) is 5.91 Å². The second-order valence-electron chi connectivity index (χ2n) is 11.2. The first-order valence-corrected chi connectivity index (χ1v) is 14.1. The lowest BCUT2D eigenvalue weighted by Crippen LogP contribution is -2.56. The number of amides is 4. The van der Waals surface area contributed by atoms with Gasteiger partial charge in [-0.3, -0.25) is 19.2 Å². The zero-order valence-corrected chi connectivity index (χ0v) is 24.5. The van der Waals surface area contributed by atoms with Crippen LogP contribution in [0.25, 0.3) is 0 Å². The van der Waals surface area contributed by atoms with Gasteiger partial charge in [-0.25, -0.2) is 0 Å². The molecule has 2 N–H and O–H groups in total. The molecule has 0 saturated carbocycles. The third-order valence-electron chi connectivity index (χ3n) is 7.50. The van der Waals surface area contributed by atoms with Crippen LogP contribution in [0.5, 0.6) is 5.75 Å². The molecule has 40 heavy (non-hydrogen) atoms. The molecule has 4 amide bonds. The summed E-state index contributed by atoms with van der Waals surface area (Å²) in [6.45, 7) is 5.61. The van der Waals surface area contributed by atoms with Crippen molar-refractivity contribution in [3.8, 4) is 5.75 Å². The molecule has 4 rings (SSSR count). The molecule has 0 aromatic heterocycles. The van der Waals surface area contributed by atoms with Gasteiger partial charge in [0.15, 0.2) is 6.61 Å². The standard InChI is InChI=1S/C29H45N5O6/c1-20(2)16-24-29(38)34(14-15-39-5)18-26(35)30-25(28(37)33(4)22-10-12-32(3)13-11-22)17-21-6-8-23(9-7-21)40-19-27(36)31-24/h6-9,20,22,24-25H,10-19H2,1-5H3,(H,30,35)(H,31,36)/t24-,25+/m0/s1. The van der Waals surface area contributed by atoms with E-state index in [2.05, 4.69) is 22.6 Å². The Hall–Kier alpha value is -3.18. The van der Waals surface area contributed by atoms with Crippen molar-refractivity contribution in [2.75, 3.05) is 60.6 Å². The average molecular weight is 560 g/mol. The Kier molecular flexibility index (Phi) is 11.8. The highest BCUT2D eigenvalue weighted by Crippen LogP contribution is 2.18. The lowest BCUT2D eigenvalue weighted by Gasteiger charge is -2.37. The van der Waals surface area contributed by atoms with E-state index in [0.717, 1.165) is 31.5 Å². The van der Waals surface area contributed by atoms with Gasteiger partial charge in [-0.2, -0.15) is 0 Å². The predicted octanol–water partition coefficient (Wildman–Crippen LogP) is 0.665. The number of carbonyl (C=O) groups is 4. The van der Waals surface area contributed by atoms with E-state index >= 15 is 0 Å². The van der Waals surface area contributed by atoms with Crippen molar-refractivity contribution in [2.45, 2.75) is 57.7 Å². The molecule has 222 valence electrons. The maximum absolute atomic E-state index is 13.7. The summed E-state index contributed by atoms with van der Waals surface area (Å²) in [6, 6.07) is 5.60. The first-order chi connectivity index (χ1) is 19.1. The molecule has 2 atom stereocenters. The van der Waals surface area contributed by atoms with Crippen LogP contribution in [0.3, 0.4) is 0 Å². The van der Waals surface area contributed by atoms with Gasteiger partial charge in [0, 0.05) is 33.2 Å². The molecule has 0 aliphatic carbocycles. The first-order valence-electron chi connectivity index (χ1n) is 14.1. The number of hydrogen-bond acceptors (Lipinski definition) is 7. The van der Waals surface area contributed by atoms with Crippen molar-refractivity contribution >= 4 is 23.6 Å². The number of likely N-dealkylation sites (tertiary alicyclic amines) is 1. The smallest absolute Gasteiger partial charge is 0.258 e. The first kappa shape index (κ1) is 31.3. The monoisotopic (exact) mass is 559 g/mol. The van der Waals surface area contributed by atoms with Crippen LogP contribution >= 0.6 is 0 Å². The number of methoxy groups -OCH3 is 1. The van der Waals surface area contributed by atoms with Crippen LogP contribution in [0.2, 0.25) is 0 Å². The van der Waals surface area contributed by atoms with Crippen LogP contribution in [-0.2, 0) is 30.3 Å². The number of carbonyl (C=O) groups excluding carboxylic acids is 4. The molecule has 11 heteroatoms. The fourth-order valence-corrected chi connectivity index (χ4v) is 5.15. The Balaban J connectivity index is 1.89. The van der Waals surface area contributed by atoms with Crippen molar-refractivity contribution in [1.29, 1.82) is 0 Å². The summed E-state index contributed by atoms with van der Waals surface area (Å²) >= 11 is 0. The number of ether oxygens (including phenoxy) is 2. The zero-order valence-electron chi connectivity index (χ0n) is 24.5. The summed E-state index contributed by atoms with van der Waals surface area (Å²) in [6.07, 6.45) is 2.42. The van der Waals surface area contributed by atoms with Crippen LogP contribution in [0.1, 0.15) is 38.7 Å². The Morgan fingerprint density at radius 2 is 1.77 bits per heavy atom. The molecular formula is C29H45N5O6. The zero-order chi connectivity index (χ0) is 29.2. The molecule has 1 fully saturated rings. The molecule has 3 aliphatic heterocycles. The lowest BCUT2D eigenvalue weighted by atomic mass is 10.0. The molecule has 2 bridgehead atoms. The molecule has 0 radical (unpaired) electrons. The summed E-state index contributed by atoms with van der Waals surface area (Å²) in [5, 5.41) is 5.69. The summed E-state index contributed by atoms with van der Waals surface area (Å²) in [4.78, 5) is 58.7. The maximum atomic E-state index is 13.7. The minimum absolute atomic E-state index is 0.0944. The average Bonchev–Trinajstić information content (AvgIpc) is 2.92. The van der Waals surface area contributed by atoms with E-state index in [4.69, 9.17) is 9.47 Å². The Labute approximate surface area is 237 Å². The van der Waals surface area contributed by atoms with Gasteiger partial charge in [-0.1, -0.05) is 26.0 Å². The predicted molar refractivity (Wildman–Crippen MR) is 151 cm³/mol. The quantitative estimate of drug-likeness (QED) is 0.471. The third kappa shape index (κ3) is 9.19. The Morgan fingerprint density at radius 3 is 2.40 bits per heavy atom. The van der Waals surface area contributed by atoms with Crippen molar-refractivity contribution < 1.29 is 28.7 Å². The van der Waals surface area contributed by atoms with Crippen LogP contribution < -0.4 is 15.4 Å². The van der Waals surface area contributed by atoms with Gasteiger partial charge < -0.3 is 34.8 Å². The third-order valence-corrected chi connectivity index (χ3v) is 7.50. The molecule has 3 aliphatic rings. The molecule has 1 saturated heterocycles. The topological polar surface area (TPSA) is 121 Å². The van der Waals surface area contributed by atoms with E-state index in [0.29, 0.717) is 12.2 Å². The molecule has 0 unspecified atom stereocenters. The van der Waals surface area contributed by atoms with Gasteiger partial charge in [0.1, 0.15) is 17.8 Å². The minimum Gasteiger partial charge on any atom is -0.484 e. The van der Waals surface area contributed by atoms with Crippen molar-refractivity contribution in [3.63, 3.8) is 0 Å². The molecule has 0 spiro atoms. The van der Waals surface area contributed by atoms with E-state index in [1.165, 1.54) is 12.0 Å². The second kappa shape index (κ2) is 15.0. The number of fused-ring (bicyclic) bond motifs is 13. The van der Waals surface area contributed by atoms with Crippen LogP contribution in [-0.4, -0.2) is 117 Å². The number of nitrogens with zero attached hydrogens (tertiary/aromatic N) is 3. The SMILES string of the molecule is COCCN1CC(=O)N[C@@H](C(=O)N(C)C2CCN(C)CC2)Cc2ccc(cc2)OCC(=O)N[C@@H](CC(C)C)C1=O. The summed E-state index contributed by atoms with van der Waals surface area (Å²) in [5.41, 5.74) is 0.837. The van der Waals surface area contributed by atoms with E-state index in [9.17, 15) is 19.2 Å². The van der Waals surface area contributed by atoms with Crippen LogP contribution in [0.4, 0.5) is 0 Å². The van der Waals surface area contributed by atoms with Crippen molar-refractivity contribution in [1.82, 2.24) is 25.3 Å². The van der Waals surface area contributed by atoms with Gasteiger partial charge in [0.2, 0.25) is 17.7 Å². The largest absolute Gasteiger partial charge is 0.484 e. The van der Waals surface area contributed by atoms with E-state index in [1.54, 1.807) is 24.1 Å². The highest BCUT2D eigenvalue weighted by molar-refractivity contribution is 5.93. The lowest BCUT2D eigenvalue weighted by molar-refractivity contribution is -0.142. The number of hydrogen-bond donors (Lipinski definition) is 2. The molecule has 1 aromatic carbocycles. The molecule has 3 heterocycles. The summed E-state index contributed by atoms with van der Waals surface area (Å²) in [5.74, 6) is -0.798. The van der Waals surface area contributed by atoms with E-state index < -0.39 is 23.9 Å². The fourth-order valence-electron chi connectivity index (χ4n) is 5.15. The summed E-state index contributed by atoms with van der Waals surface area (Å²) < 4.78 is 10.8. The maximum Gasteiger partial charge on any atom is 0.258 e. The van der Waals surface area contributed by atoms with Crippen LogP contribution in [0, 0.1) is 5.92 Å². The highest BCUT2D eigenvalue weighted by Gasteiger charge is 2.32. The van der Waals surface area contributed by atoms with Gasteiger partial charge >= 0.3 is 0 Å². The normalized spacial score (nSPS) is 22.1. The Bertz CT molecular complexity index is 1010.